The van der Waals surface area contributed by atoms with Crippen LogP contribution in [0, 0.1) is 17.8 Å². The maximum atomic E-state index is 3.71. The fourth-order valence-corrected chi connectivity index (χ4v) is 3.07. The van der Waals surface area contributed by atoms with E-state index in [-0.39, 0.29) is 0 Å². The van der Waals surface area contributed by atoms with Crippen LogP contribution in [-0.4, -0.2) is 12.6 Å². The van der Waals surface area contributed by atoms with Crippen molar-refractivity contribution in [3.05, 3.63) is 0 Å². The molecule has 0 aromatic heterocycles. The summed E-state index contributed by atoms with van der Waals surface area (Å²) < 4.78 is 0. The van der Waals surface area contributed by atoms with Gasteiger partial charge in [-0.3, -0.25) is 0 Å². The summed E-state index contributed by atoms with van der Waals surface area (Å²) in [4.78, 5) is 0. The summed E-state index contributed by atoms with van der Waals surface area (Å²) in [7, 11) is 0. The second-order valence-electron chi connectivity index (χ2n) is 5.37. The highest BCUT2D eigenvalue weighted by Gasteiger charge is 2.39. The molecule has 3 fully saturated rings. The smallest absolute Gasteiger partial charge is 0.00683 e. The zero-order valence-corrected chi connectivity index (χ0v) is 8.47. The molecular weight excluding hydrogens is 158 g/mol. The van der Waals surface area contributed by atoms with Crippen LogP contribution in [0.5, 0.6) is 0 Å². The van der Waals surface area contributed by atoms with Gasteiger partial charge in [-0.15, -0.1) is 0 Å². The van der Waals surface area contributed by atoms with Gasteiger partial charge in [0.15, 0.2) is 0 Å². The van der Waals surface area contributed by atoms with Gasteiger partial charge >= 0.3 is 0 Å². The van der Waals surface area contributed by atoms with Crippen molar-refractivity contribution in [2.24, 2.45) is 17.8 Å². The molecule has 13 heavy (non-hydrogen) atoms. The second kappa shape index (κ2) is 3.27. The first kappa shape index (κ1) is 8.28. The van der Waals surface area contributed by atoms with Crippen molar-refractivity contribution in [3.63, 3.8) is 0 Å². The summed E-state index contributed by atoms with van der Waals surface area (Å²) in [5.41, 5.74) is 0. The Morgan fingerprint density at radius 3 is 2.46 bits per heavy atom. The van der Waals surface area contributed by atoms with Crippen LogP contribution in [0.1, 0.15) is 44.9 Å². The highest BCUT2D eigenvalue weighted by molar-refractivity contribution is 4.91. The van der Waals surface area contributed by atoms with Crippen LogP contribution in [0.25, 0.3) is 0 Å². The van der Waals surface area contributed by atoms with Crippen molar-refractivity contribution in [3.8, 4) is 0 Å². The van der Waals surface area contributed by atoms with Crippen molar-refractivity contribution in [1.29, 1.82) is 0 Å². The normalized spacial score (nSPS) is 39.7. The average molecular weight is 179 g/mol. The summed E-state index contributed by atoms with van der Waals surface area (Å²) in [6, 6.07) is 0.917. The Balaban J connectivity index is 1.49. The Bertz CT molecular complexity index is 182. The first-order valence-electron chi connectivity index (χ1n) is 6.17. The van der Waals surface area contributed by atoms with Gasteiger partial charge < -0.3 is 5.32 Å². The third-order valence-electron chi connectivity index (χ3n) is 4.19. The molecule has 0 amide bonds. The molecule has 0 heterocycles. The quantitative estimate of drug-likeness (QED) is 0.699. The second-order valence-corrected chi connectivity index (χ2v) is 5.37. The lowest BCUT2D eigenvalue weighted by molar-refractivity contribution is 0.330. The summed E-state index contributed by atoms with van der Waals surface area (Å²) in [5, 5.41) is 3.71. The minimum absolute atomic E-state index is 0.917. The van der Waals surface area contributed by atoms with E-state index in [1.807, 2.05) is 0 Å². The predicted molar refractivity (Wildman–Crippen MR) is 54.6 cm³/mol. The molecule has 3 aliphatic carbocycles. The van der Waals surface area contributed by atoms with Crippen LogP contribution >= 0.6 is 0 Å². The maximum Gasteiger partial charge on any atom is 0.00683 e. The SMILES string of the molecule is C1CC(CNC2CC2)C(C2CC2)C1. The predicted octanol–water partition coefficient (Wildman–Crippen LogP) is 2.56. The molecule has 1 N–H and O–H groups in total. The van der Waals surface area contributed by atoms with Crippen LogP contribution in [-0.2, 0) is 0 Å². The molecule has 0 spiro atoms. The van der Waals surface area contributed by atoms with E-state index in [1.165, 1.54) is 32.2 Å². The molecule has 0 bridgehead atoms. The lowest BCUT2D eigenvalue weighted by atomic mass is 9.91. The van der Waals surface area contributed by atoms with Crippen LogP contribution in [0.3, 0.4) is 0 Å². The van der Waals surface area contributed by atoms with Crippen LogP contribution < -0.4 is 5.32 Å². The Morgan fingerprint density at radius 1 is 0.923 bits per heavy atom. The maximum absolute atomic E-state index is 3.71. The van der Waals surface area contributed by atoms with Gasteiger partial charge in [0.25, 0.3) is 0 Å². The topological polar surface area (TPSA) is 12.0 Å². The first-order chi connectivity index (χ1) is 6.43. The largest absolute Gasteiger partial charge is 0.314 e. The van der Waals surface area contributed by atoms with E-state index in [4.69, 9.17) is 0 Å². The lowest BCUT2D eigenvalue weighted by Gasteiger charge is -2.19. The fraction of sp³-hybridized carbons (Fsp3) is 1.00. The van der Waals surface area contributed by atoms with Crippen LogP contribution in [0.4, 0.5) is 0 Å². The van der Waals surface area contributed by atoms with E-state index >= 15 is 0 Å². The number of rotatable bonds is 4. The van der Waals surface area contributed by atoms with Crippen LogP contribution in [0.15, 0.2) is 0 Å². The number of nitrogens with one attached hydrogen (secondary N) is 1. The van der Waals surface area contributed by atoms with Crippen molar-refractivity contribution >= 4 is 0 Å². The van der Waals surface area contributed by atoms with Crippen LogP contribution in [0.2, 0.25) is 0 Å². The Morgan fingerprint density at radius 2 is 1.77 bits per heavy atom. The molecule has 1 heteroatoms. The molecule has 74 valence electrons. The van der Waals surface area contributed by atoms with Gasteiger partial charge in [0.05, 0.1) is 0 Å². The number of hydrogen-bond acceptors (Lipinski definition) is 1. The standard InChI is InChI=1S/C12H21N/c1-2-10(8-13-11-6-7-11)12(3-1)9-4-5-9/h9-13H,1-8H2. The molecule has 0 saturated heterocycles. The van der Waals surface area contributed by atoms with Gasteiger partial charge in [-0.2, -0.15) is 0 Å². The molecular formula is C12H21N. The average Bonchev–Trinajstić information content (AvgIpc) is 3.03. The van der Waals surface area contributed by atoms with Gasteiger partial charge in [0.2, 0.25) is 0 Å². The summed E-state index contributed by atoms with van der Waals surface area (Å²) in [6.07, 6.45) is 10.6. The van der Waals surface area contributed by atoms with E-state index in [9.17, 15) is 0 Å². The van der Waals surface area contributed by atoms with Gasteiger partial charge in [-0.25, -0.2) is 0 Å². The van der Waals surface area contributed by atoms with Gasteiger partial charge in [-0.05, 0) is 62.8 Å². The lowest BCUT2D eigenvalue weighted by Crippen LogP contribution is -2.27. The van der Waals surface area contributed by atoms with E-state index < -0.39 is 0 Å². The summed E-state index contributed by atoms with van der Waals surface area (Å²) >= 11 is 0. The molecule has 0 aromatic carbocycles. The Hall–Kier alpha value is -0.0400. The zero-order chi connectivity index (χ0) is 8.67. The van der Waals surface area contributed by atoms with Gasteiger partial charge in [0, 0.05) is 6.04 Å². The Kier molecular flexibility index (Phi) is 2.08. The molecule has 2 unspecified atom stereocenters. The van der Waals surface area contributed by atoms with Crippen molar-refractivity contribution < 1.29 is 0 Å². The summed E-state index contributed by atoms with van der Waals surface area (Å²) in [5.74, 6) is 3.31. The van der Waals surface area contributed by atoms with E-state index in [0.717, 1.165) is 23.8 Å². The monoisotopic (exact) mass is 179 g/mol. The molecule has 0 aromatic rings. The Labute approximate surface area is 81.3 Å². The molecule has 0 radical (unpaired) electrons. The first-order valence-corrected chi connectivity index (χ1v) is 6.17. The molecule has 1 nitrogen and oxygen atoms in total. The van der Waals surface area contributed by atoms with Crippen molar-refractivity contribution in [2.45, 2.75) is 51.0 Å². The highest BCUT2D eigenvalue weighted by Crippen LogP contribution is 2.47. The van der Waals surface area contributed by atoms with E-state index in [1.54, 1.807) is 19.3 Å². The minimum atomic E-state index is 0.917. The van der Waals surface area contributed by atoms with Gasteiger partial charge in [-0.1, -0.05) is 6.42 Å². The third-order valence-corrected chi connectivity index (χ3v) is 4.19. The number of hydrogen-bond donors (Lipinski definition) is 1. The van der Waals surface area contributed by atoms with E-state index in [2.05, 4.69) is 5.32 Å². The minimum Gasteiger partial charge on any atom is -0.314 e. The highest BCUT2D eigenvalue weighted by atomic mass is 14.9. The summed E-state index contributed by atoms with van der Waals surface area (Å²) in [6.45, 7) is 1.34. The van der Waals surface area contributed by atoms with E-state index in [0.29, 0.717) is 0 Å². The molecule has 2 atom stereocenters. The van der Waals surface area contributed by atoms with Crippen molar-refractivity contribution in [2.75, 3.05) is 6.54 Å². The third kappa shape index (κ3) is 1.90. The molecule has 3 rings (SSSR count). The van der Waals surface area contributed by atoms with Gasteiger partial charge in [0.1, 0.15) is 0 Å². The molecule has 3 aliphatic rings. The molecule has 3 saturated carbocycles. The van der Waals surface area contributed by atoms with Crippen molar-refractivity contribution in [1.82, 2.24) is 5.32 Å². The fourth-order valence-electron chi connectivity index (χ4n) is 3.07. The molecule has 0 aliphatic heterocycles. The zero-order valence-electron chi connectivity index (χ0n) is 8.47.